The standard InChI is InChI=1S/C16H13NO3/c1-11-5-7-12(8-6-11)16(20)14-4-2-3-13(17-14)9-10-15(18)19/h2-10H,1H3,(H,18,19)/b10-9+. The van der Waals surface area contributed by atoms with Crippen molar-refractivity contribution >= 4 is 17.8 Å². The average molecular weight is 267 g/mol. The molecular weight excluding hydrogens is 254 g/mol. The zero-order valence-corrected chi connectivity index (χ0v) is 10.9. The first-order chi connectivity index (χ1) is 9.56. The molecule has 0 bridgehead atoms. The molecule has 1 aromatic heterocycles. The lowest BCUT2D eigenvalue weighted by molar-refractivity contribution is -0.131. The maximum Gasteiger partial charge on any atom is 0.328 e. The Morgan fingerprint density at radius 1 is 1.10 bits per heavy atom. The van der Waals surface area contributed by atoms with Crippen molar-refractivity contribution in [3.63, 3.8) is 0 Å². The van der Waals surface area contributed by atoms with Gasteiger partial charge < -0.3 is 5.11 Å². The molecule has 1 heterocycles. The van der Waals surface area contributed by atoms with Gasteiger partial charge in [0.15, 0.2) is 0 Å². The number of carbonyl (C=O) groups is 2. The molecule has 0 aliphatic carbocycles. The lowest BCUT2D eigenvalue weighted by Gasteiger charge is -2.02. The number of carbonyl (C=O) groups excluding carboxylic acids is 1. The summed E-state index contributed by atoms with van der Waals surface area (Å²) in [5.41, 5.74) is 2.36. The number of aromatic nitrogens is 1. The first-order valence-corrected chi connectivity index (χ1v) is 6.06. The fraction of sp³-hybridized carbons (Fsp3) is 0.0625. The highest BCUT2D eigenvalue weighted by molar-refractivity contribution is 6.07. The van der Waals surface area contributed by atoms with Crippen LogP contribution in [0.3, 0.4) is 0 Å². The Bertz CT molecular complexity index is 672. The molecule has 1 aromatic carbocycles. The molecule has 100 valence electrons. The Morgan fingerprint density at radius 2 is 1.80 bits per heavy atom. The van der Waals surface area contributed by atoms with Crippen molar-refractivity contribution in [1.29, 1.82) is 0 Å². The highest BCUT2D eigenvalue weighted by Crippen LogP contribution is 2.10. The first-order valence-electron chi connectivity index (χ1n) is 6.06. The van der Waals surface area contributed by atoms with E-state index in [1.807, 2.05) is 19.1 Å². The molecule has 0 fully saturated rings. The predicted octanol–water partition coefficient (Wildman–Crippen LogP) is 2.72. The molecular formula is C16H13NO3. The normalized spacial score (nSPS) is 10.7. The quantitative estimate of drug-likeness (QED) is 0.683. The van der Waals surface area contributed by atoms with Crippen molar-refractivity contribution in [1.82, 2.24) is 4.98 Å². The summed E-state index contributed by atoms with van der Waals surface area (Å²) in [4.78, 5) is 26.9. The Hall–Kier alpha value is -2.75. The van der Waals surface area contributed by atoms with E-state index in [4.69, 9.17) is 5.11 Å². The van der Waals surface area contributed by atoms with Crippen molar-refractivity contribution in [3.05, 3.63) is 71.1 Å². The van der Waals surface area contributed by atoms with Gasteiger partial charge in [0.05, 0.1) is 5.69 Å². The van der Waals surface area contributed by atoms with Crippen LogP contribution in [0.2, 0.25) is 0 Å². The summed E-state index contributed by atoms with van der Waals surface area (Å²) in [6.45, 7) is 1.95. The second-order valence-corrected chi connectivity index (χ2v) is 4.31. The topological polar surface area (TPSA) is 67.3 Å². The lowest BCUT2D eigenvalue weighted by Crippen LogP contribution is -2.04. The Labute approximate surface area is 116 Å². The first kappa shape index (κ1) is 13.7. The molecule has 20 heavy (non-hydrogen) atoms. The van der Waals surface area contributed by atoms with Crippen LogP contribution in [-0.4, -0.2) is 21.8 Å². The van der Waals surface area contributed by atoms with Gasteiger partial charge in [0.25, 0.3) is 0 Å². The molecule has 0 amide bonds. The monoisotopic (exact) mass is 267 g/mol. The highest BCUT2D eigenvalue weighted by Gasteiger charge is 2.10. The molecule has 2 rings (SSSR count). The lowest BCUT2D eigenvalue weighted by atomic mass is 10.1. The van der Waals surface area contributed by atoms with E-state index >= 15 is 0 Å². The molecule has 1 N–H and O–H groups in total. The zero-order chi connectivity index (χ0) is 14.5. The third kappa shape index (κ3) is 3.38. The molecule has 0 saturated carbocycles. The van der Waals surface area contributed by atoms with Gasteiger partial charge in [0, 0.05) is 11.6 Å². The van der Waals surface area contributed by atoms with E-state index in [1.54, 1.807) is 30.3 Å². The van der Waals surface area contributed by atoms with E-state index in [9.17, 15) is 9.59 Å². The second-order valence-electron chi connectivity index (χ2n) is 4.31. The average Bonchev–Trinajstić information content (AvgIpc) is 2.45. The van der Waals surface area contributed by atoms with E-state index < -0.39 is 5.97 Å². The third-order valence-electron chi connectivity index (χ3n) is 2.71. The fourth-order valence-corrected chi connectivity index (χ4v) is 1.68. The number of carboxylic acids is 1. The predicted molar refractivity (Wildman–Crippen MR) is 75.5 cm³/mol. The number of hydrogen-bond donors (Lipinski definition) is 1. The van der Waals surface area contributed by atoms with Crippen LogP contribution in [-0.2, 0) is 4.79 Å². The Morgan fingerprint density at radius 3 is 2.45 bits per heavy atom. The van der Waals surface area contributed by atoms with Crippen LogP contribution in [0.4, 0.5) is 0 Å². The molecule has 0 spiro atoms. The molecule has 4 heteroatoms. The van der Waals surface area contributed by atoms with Gasteiger partial charge in [0.1, 0.15) is 5.69 Å². The van der Waals surface area contributed by atoms with Crippen molar-refractivity contribution in [2.24, 2.45) is 0 Å². The van der Waals surface area contributed by atoms with Crippen LogP contribution in [0.5, 0.6) is 0 Å². The molecule has 0 saturated heterocycles. The van der Waals surface area contributed by atoms with E-state index in [1.165, 1.54) is 6.08 Å². The smallest absolute Gasteiger partial charge is 0.328 e. The van der Waals surface area contributed by atoms with Crippen LogP contribution in [0.1, 0.15) is 27.3 Å². The van der Waals surface area contributed by atoms with Crippen molar-refractivity contribution in [2.45, 2.75) is 6.92 Å². The number of aryl methyl sites for hydroxylation is 1. The highest BCUT2D eigenvalue weighted by atomic mass is 16.4. The third-order valence-corrected chi connectivity index (χ3v) is 2.71. The van der Waals surface area contributed by atoms with Crippen molar-refractivity contribution < 1.29 is 14.7 Å². The molecule has 0 atom stereocenters. The van der Waals surface area contributed by atoms with Crippen LogP contribution in [0.15, 0.2) is 48.5 Å². The Balaban J connectivity index is 2.28. The van der Waals surface area contributed by atoms with E-state index in [0.717, 1.165) is 11.6 Å². The number of pyridine rings is 1. The van der Waals surface area contributed by atoms with Crippen LogP contribution >= 0.6 is 0 Å². The van der Waals surface area contributed by atoms with Gasteiger partial charge in [-0.05, 0) is 25.1 Å². The minimum absolute atomic E-state index is 0.185. The summed E-state index contributed by atoms with van der Waals surface area (Å²) >= 11 is 0. The van der Waals surface area contributed by atoms with Gasteiger partial charge in [-0.1, -0.05) is 35.9 Å². The number of nitrogens with zero attached hydrogens (tertiary/aromatic N) is 1. The van der Waals surface area contributed by atoms with Crippen LogP contribution in [0, 0.1) is 6.92 Å². The summed E-state index contributed by atoms with van der Waals surface area (Å²) in [5, 5.41) is 8.58. The fourth-order valence-electron chi connectivity index (χ4n) is 1.68. The van der Waals surface area contributed by atoms with Crippen LogP contribution < -0.4 is 0 Å². The number of aliphatic carboxylic acids is 1. The number of benzene rings is 1. The molecule has 0 aliphatic heterocycles. The van der Waals surface area contributed by atoms with E-state index in [0.29, 0.717) is 17.0 Å². The van der Waals surface area contributed by atoms with Gasteiger partial charge in [-0.3, -0.25) is 4.79 Å². The maximum atomic E-state index is 12.2. The van der Waals surface area contributed by atoms with Gasteiger partial charge in [-0.2, -0.15) is 0 Å². The molecule has 4 nitrogen and oxygen atoms in total. The maximum absolute atomic E-state index is 12.2. The zero-order valence-electron chi connectivity index (χ0n) is 10.9. The molecule has 0 unspecified atom stereocenters. The summed E-state index contributed by atoms with van der Waals surface area (Å²) in [7, 11) is 0. The largest absolute Gasteiger partial charge is 0.478 e. The number of rotatable bonds is 4. The van der Waals surface area contributed by atoms with Crippen molar-refractivity contribution in [2.75, 3.05) is 0 Å². The number of ketones is 1. The number of carboxylic acid groups (broad SMARTS) is 1. The van der Waals surface area contributed by atoms with Gasteiger partial charge in [-0.15, -0.1) is 0 Å². The second kappa shape index (κ2) is 5.93. The molecule has 0 radical (unpaired) electrons. The minimum atomic E-state index is -1.05. The van der Waals surface area contributed by atoms with E-state index in [2.05, 4.69) is 4.98 Å². The Kier molecular flexibility index (Phi) is 4.05. The van der Waals surface area contributed by atoms with Crippen LogP contribution in [0.25, 0.3) is 6.08 Å². The van der Waals surface area contributed by atoms with E-state index in [-0.39, 0.29) is 5.78 Å². The minimum Gasteiger partial charge on any atom is -0.478 e. The summed E-state index contributed by atoms with van der Waals surface area (Å²) < 4.78 is 0. The summed E-state index contributed by atoms with van der Waals surface area (Å²) in [6, 6.07) is 12.2. The van der Waals surface area contributed by atoms with Gasteiger partial charge >= 0.3 is 5.97 Å². The van der Waals surface area contributed by atoms with Crippen molar-refractivity contribution in [3.8, 4) is 0 Å². The van der Waals surface area contributed by atoms with Gasteiger partial charge in [-0.25, -0.2) is 9.78 Å². The number of hydrogen-bond acceptors (Lipinski definition) is 3. The molecule has 0 aliphatic rings. The van der Waals surface area contributed by atoms with Gasteiger partial charge in [0.2, 0.25) is 5.78 Å². The SMILES string of the molecule is Cc1ccc(C(=O)c2cccc(/C=C/C(=O)O)n2)cc1. The summed E-state index contributed by atoms with van der Waals surface area (Å²) in [6.07, 6.45) is 2.34. The summed E-state index contributed by atoms with van der Waals surface area (Å²) in [5.74, 6) is -1.24. The molecule has 2 aromatic rings.